The number of carboxylic acids is 1. The van der Waals surface area contributed by atoms with Crippen LogP contribution in [0.1, 0.15) is 10.4 Å². The highest BCUT2D eigenvalue weighted by Crippen LogP contribution is 2.19. The molecule has 0 atom stereocenters. The van der Waals surface area contributed by atoms with Crippen LogP contribution in [-0.4, -0.2) is 15.6 Å². The zero-order valence-electron chi connectivity index (χ0n) is 7.65. The molecule has 6 heteroatoms. The highest BCUT2D eigenvalue weighted by molar-refractivity contribution is 5.92. The van der Waals surface area contributed by atoms with Crippen LogP contribution in [0.5, 0.6) is 0 Å². The van der Waals surface area contributed by atoms with E-state index in [1.54, 1.807) is 0 Å². The summed E-state index contributed by atoms with van der Waals surface area (Å²) in [7, 11) is 1.41. The molecule has 0 spiro atoms. The summed E-state index contributed by atoms with van der Waals surface area (Å²) in [4.78, 5) is 21.6. The summed E-state index contributed by atoms with van der Waals surface area (Å²) in [5.41, 5.74) is -0.623. The maximum Gasteiger partial charge on any atom is 0.419 e. The number of halogens is 1. The van der Waals surface area contributed by atoms with E-state index in [4.69, 9.17) is 5.11 Å². The van der Waals surface area contributed by atoms with Gasteiger partial charge in [0.25, 0.3) is 0 Å². The number of oxazole rings is 1. The van der Waals surface area contributed by atoms with E-state index in [0.717, 1.165) is 10.6 Å². The summed E-state index contributed by atoms with van der Waals surface area (Å²) in [6.45, 7) is 0. The molecule has 78 valence electrons. The van der Waals surface area contributed by atoms with Crippen LogP contribution in [0.4, 0.5) is 4.39 Å². The molecule has 0 saturated heterocycles. The molecule has 1 aromatic carbocycles. The summed E-state index contributed by atoms with van der Waals surface area (Å²) in [5, 5.41) is 8.63. The lowest BCUT2D eigenvalue weighted by Gasteiger charge is -1.97. The van der Waals surface area contributed by atoms with Gasteiger partial charge in [0.15, 0.2) is 11.4 Å². The lowest BCUT2D eigenvalue weighted by Crippen LogP contribution is -2.08. The molecular weight excluding hydrogens is 205 g/mol. The molecule has 2 aromatic rings. The monoisotopic (exact) mass is 211 g/mol. The van der Waals surface area contributed by atoms with Crippen LogP contribution in [0, 0.1) is 5.82 Å². The molecule has 1 N–H and O–H groups in total. The van der Waals surface area contributed by atoms with Crippen LogP contribution >= 0.6 is 0 Å². The van der Waals surface area contributed by atoms with Crippen LogP contribution in [0.3, 0.4) is 0 Å². The second-order valence-corrected chi connectivity index (χ2v) is 3.01. The topological polar surface area (TPSA) is 72.4 Å². The van der Waals surface area contributed by atoms with E-state index < -0.39 is 23.1 Å². The van der Waals surface area contributed by atoms with Crippen molar-refractivity contribution in [2.45, 2.75) is 0 Å². The third-order valence-electron chi connectivity index (χ3n) is 2.13. The van der Waals surface area contributed by atoms with Gasteiger partial charge in [-0.05, 0) is 12.1 Å². The first-order valence-electron chi connectivity index (χ1n) is 4.03. The fourth-order valence-electron chi connectivity index (χ4n) is 1.33. The minimum Gasteiger partial charge on any atom is -0.478 e. The van der Waals surface area contributed by atoms with Gasteiger partial charge >= 0.3 is 11.7 Å². The maximum atomic E-state index is 13.5. The number of hydrogen-bond acceptors (Lipinski definition) is 3. The second-order valence-electron chi connectivity index (χ2n) is 3.01. The molecular formula is C9H6FNO4. The Kier molecular flexibility index (Phi) is 1.85. The Bertz CT molecular complexity index is 610. The number of aryl methyl sites for hydroxylation is 1. The van der Waals surface area contributed by atoms with Gasteiger partial charge in [-0.15, -0.1) is 0 Å². The number of hydrogen-bond donors (Lipinski definition) is 1. The molecule has 2 rings (SSSR count). The van der Waals surface area contributed by atoms with Crippen molar-refractivity contribution in [3.05, 3.63) is 34.1 Å². The lowest BCUT2D eigenvalue weighted by molar-refractivity contribution is 0.0692. The van der Waals surface area contributed by atoms with Crippen molar-refractivity contribution in [3.8, 4) is 0 Å². The molecule has 0 radical (unpaired) electrons. The fourth-order valence-corrected chi connectivity index (χ4v) is 1.33. The molecule has 0 unspecified atom stereocenters. The van der Waals surface area contributed by atoms with E-state index in [0.29, 0.717) is 0 Å². The molecule has 0 amide bonds. The van der Waals surface area contributed by atoms with Crippen molar-refractivity contribution in [1.29, 1.82) is 0 Å². The molecule has 15 heavy (non-hydrogen) atoms. The summed E-state index contributed by atoms with van der Waals surface area (Å²) >= 11 is 0. The first-order valence-corrected chi connectivity index (χ1v) is 4.03. The average molecular weight is 211 g/mol. The minimum absolute atomic E-state index is 0.225. The number of benzene rings is 1. The number of aromatic carboxylic acids is 1. The van der Waals surface area contributed by atoms with E-state index in [9.17, 15) is 14.0 Å². The first-order chi connectivity index (χ1) is 7.02. The van der Waals surface area contributed by atoms with Crippen molar-refractivity contribution in [1.82, 2.24) is 4.57 Å². The lowest BCUT2D eigenvalue weighted by atomic mass is 10.2. The first kappa shape index (κ1) is 9.45. The van der Waals surface area contributed by atoms with Gasteiger partial charge in [0.1, 0.15) is 0 Å². The maximum absolute atomic E-state index is 13.5. The van der Waals surface area contributed by atoms with Crippen LogP contribution < -0.4 is 5.76 Å². The molecule has 0 aliphatic rings. The van der Waals surface area contributed by atoms with E-state index in [1.165, 1.54) is 13.1 Å². The van der Waals surface area contributed by atoms with Crippen LogP contribution in [0.25, 0.3) is 11.1 Å². The number of rotatable bonds is 1. The Labute approximate surface area is 82.3 Å². The fraction of sp³-hybridized carbons (Fsp3) is 0.111. The van der Waals surface area contributed by atoms with Gasteiger partial charge in [-0.25, -0.2) is 14.0 Å². The van der Waals surface area contributed by atoms with E-state index in [1.807, 2.05) is 0 Å². The van der Waals surface area contributed by atoms with Gasteiger partial charge in [-0.1, -0.05) is 0 Å². The van der Waals surface area contributed by atoms with Gasteiger partial charge in [0.2, 0.25) is 0 Å². The molecule has 0 aliphatic heterocycles. The highest BCUT2D eigenvalue weighted by Gasteiger charge is 2.18. The van der Waals surface area contributed by atoms with E-state index in [-0.39, 0.29) is 11.1 Å². The smallest absolute Gasteiger partial charge is 0.419 e. The minimum atomic E-state index is -1.40. The Morgan fingerprint density at radius 3 is 2.80 bits per heavy atom. The summed E-state index contributed by atoms with van der Waals surface area (Å²) in [6.07, 6.45) is 0. The predicted octanol–water partition coefficient (Wildman–Crippen LogP) is 0.969. The van der Waals surface area contributed by atoms with Crippen molar-refractivity contribution in [2.75, 3.05) is 0 Å². The van der Waals surface area contributed by atoms with Gasteiger partial charge in [0.05, 0.1) is 11.1 Å². The van der Waals surface area contributed by atoms with Crippen molar-refractivity contribution in [2.24, 2.45) is 7.05 Å². The third kappa shape index (κ3) is 1.22. The average Bonchev–Trinajstić information content (AvgIpc) is 2.45. The molecule has 0 aliphatic carbocycles. The Balaban J connectivity index is 2.92. The number of fused-ring (bicyclic) bond motifs is 1. The zero-order chi connectivity index (χ0) is 11.2. The second kappa shape index (κ2) is 2.94. The van der Waals surface area contributed by atoms with Crippen molar-refractivity contribution in [3.63, 3.8) is 0 Å². The third-order valence-corrected chi connectivity index (χ3v) is 2.13. The van der Waals surface area contributed by atoms with Crippen LogP contribution in [0.15, 0.2) is 21.3 Å². The Morgan fingerprint density at radius 2 is 2.20 bits per heavy atom. The van der Waals surface area contributed by atoms with E-state index in [2.05, 4.69) is 4.42 Å². The molecule has 0 bridgehead atoms. The molecule has 5 nitrogen and oxygen atoms in total. The largest absolute Gasteiger partial charge is 0.478 e. The summed E-state index contributed by atoms with van der Waals surface area (Å²) in [6, 6.07) is 2.42. The molecule has 0 fully saturated rings. The van der Waals surface area contributed by atoms with Crippen LogP contribution in [-0.2, 0) is 7.05 Å². The highest BCUT2D eigenvalue weighted by atomic mass is 19.1. The normalized spacial score (nSPS) is 10.8. The standard InChI is InChI=1S/C9H6FNO4/c1-11-5-3-2-4(8(12)13)6(10)7(5)15-9(11)14/h2-3H,1H3,(H,12,13). The SMILES string of the molecule is Cn1c(=O)oc2c(F)c(C(=O)O)ccc21. The Hall–Kier alpha value is -2.11. The van der Waals surface area contributed by atoms with Gasteiger partial charge in [-0.3, -0.25) is 4.57 Å². The van der Waals surface area contributed by atoms with Gasteiger partial charge in [-0.2, -0.15) is 0 Å². The molecule has 1 heterocycles. The Morgan fingerprint density at radius 1 is 1.53 bits per heavy atom. The van der Waals surface area contributed by atoms with Crippen LogP contribution in [0.2, 0.25) is 0 Å². The van der Waals surface area contributed by atoms with Gasteiger partial charge < -0.3 is 9.52 Å². The van der Waals surface area contributed by atoms with Crippen molar-refractivity contribution >= 4 is 17.1 Å². The number of nitrogens with zero attached hydrogens (tertiary/aromatic N) is 1. The van der Waals surface area contributed by atoms with Crippen molar-refractivity contribution < 1.29 is 18.7 Å². The number of aromatic nitrogens is 1. The molecule has 0 saturated carbocycles. The summed E-state index contributed by atoms with van der Waals surface area (Å²) < 4.78 is 19.2. The molecule has 1 aromatic heterocycles. The number of carbonyl (C=O) groups is 1. The quantitative estimate of drug-likeness (QED) is 0.762. The van der Waals surface area contributed by atoms with Gasteiger partial charge in [0, 0.05) is 7.05 Å². The number of carboxylic acid groups (broad SMARTS) is 1. The predicted molar refractivity (Wildman–Crippen MR) is 48.4 cm³/mol. The van der Waals surface area contributed by atoms with E-state index >= 15 is 0 Å². The summed E-state index contributed by atoms with van der Waals surface area (Å²) in [5.74, 6) is -3.16. The zero-order valence-corrected chi connectivity index (χ0v) is 7.65.